The number of hydrogen-bond donors (Lipinski definition) is 1. The molecule has 2 aliphatic rings. The largest absolute Gasteiger partial charge is 0.459 e. The fourth-order valence-electron chi connectivity index (χ4n) is 4.99. The van der Waals surface area contributed by atoms with Crippen LogP contribution >= 0.6 is 10.0 Å². The van der Waals surface area contributed by atoms with Gasteiger partial charge in [-0.05, 0) is 25.0 Å². The molecular formula is C25H30N2O5S. The molecule has 2 aromatic rings. The Morgan fingerprint density at radius 2 is 1.67 bits per heavy atom. The maximum absolute atomic E-state index is 13.9. The molecule has 176 valence electrons. The van der Waals surface area contributed by atoms with Crippen molar-refractivity contribution in [2.24, 2.45) is 0 Å². The van der Waals surface area contributed by atoms with Crippen molar-refractivity contribution in [1.82, 2.24) is 9.80 Å². The lowest BCUT2D eigenvalue weighted by Gasteiger charge is -2.50. The molecule has 2 aromatic carbocycles. The van der Waals surface area contributed by atoms with Crippen molar-refractivity contribution in [2.45, 2.75) is 49.6 Å². The number of β-lactam (4-membered cyclic amide) rings is 1. The summed E-state index contributed by atoms with van der Waals surface area (Å²) in [6.07, 6.45) is 0.159. The summed E-state index contributed by atoms with van der Waals surface area (Å²) in [5.41, 5.74) is 1.81. The Morgan fingerprint density at radius 3 is 2.21 bits per heavy atom. The summed E-state index contributed by atoms with van der Waals surface area (Å²) in [6.45, 7) is 4.09. The van der Waals surface area contributed by atoms with Gasteiger partial charge in [0.2, 0.25) is 5.91 Å². The molecule has 0 spiro atoms. The van der Waals surface area contributed by atoms with Gasteiger partial charge in [-0.25, -0.2) is 4.79 Å². The monoisotopic (exact) mass is 470 g/mol. The molecule has 7 nitrogen and oxygen atoms in total. The van der Waals surface area contributed by atoms with E-state index in [0.717, 1.165) is 11.1 Å². The number of carbonyl (C=O) groups excluding carboxylic acids is 3. The van der Waals surface area contributed by atoms with E-state index < -0.39 is 32.2 Å². The lowest BCUT2D eigenvalue weighted by molar-refractivity contribution is -0.162. The molecular weight excluding hydrogens is 440 g/mol. The van der Waals surface area contributed by atoms with Crippen LogP contribution in [0.25, 0.3) is 0 Å². The van der Waals surface area contributed by atoms with Gasteiger partial charge in [0.25, 0.3) is 5.24 Å². The Kier molecular flexibility index (Phi) is 6.24. The summed E-state index contributed by atoms with van der Waals surface area (Å²) in [6, 6.07) is 18.0. The Balaban J connectivity index is 1.61. The van der Waals surface area contributed by atoms with Gasteiger partial charge in [-0.3, -0.25) is 9.59 Å². The smallest absolute Gasteiger partial charge is 0.330 e. The second-order valence-corrected chi connectivity index (χ2v) is 12.9. The first-order valence-corrected chi connectivity index (χ1v) is 12.8. The molecule has 2 amide bonds. The number of carbonyl (C=O) groups is 3. The van der Waals surface area contributed by atoms with E-state index in [1.54, 1.807) is 11.9 Å². The summed E-state index contributed by atoms with van der Waals surface area (Å²) in [5, 5.41) is 9.99. The quantitative estimate of drug-likeness (QED) is 0.516. The van der Waals surface area contributed by atoms with Crippen molar-refractivity contribution in [3.05, 3.63) is 71.8 Å². The molecule has 1 unspecified atom stereocenters. The maximum atomic E-state index is 13.9. The molecule has 0 saturated carbocycles. The fourth-order valence-corrected chi connectivity index (χ4v) is 9.27. The average Bonchev–Trinajstić information content (AvgIpc) is 2.98. The minimum atomic E-state index is -2.48. The highest BCUT2D eigenvalue weighted by Gasteiger charge is 2.72. The van der Waals surface area contributed by atoms with Gasteiger partial charge in [0.05, 0.1) is 17.7 Å². The van der Waals surface area contributed by atoms with Crippen LogP contribution < -0.4 is 0 Å². The SMILES string of the molecule is CN(Cc1ccccc1)C(=O)S1(CO)[C@@H]2CC(=O)N2[C@@H](C(=O)OCc2ccccc2)C1(C)C. The van der Waals surface area contributed by atoms with Crippen LogP contribution in [-0.4, -0.2) is 61.2 Å². The lowest BCUT2D eigenvalue weighted by Crippen LogP contribution is -2.57. The number of esters is 1. The van der Waals surface area contributed by atoms with Crippen molar-refractivity contribution in [3.63, 3.8) is 0 Å². The molecule has 33 heavy (non-hydrogen) atoms. The van der Waals surface area contributed by atoms with Crippen molar-refractivity contribution in [2.75, 3.05) is 13.0 Å². The number of amides is 2. The van der Waals surface area contributed by atoms with Crippen molar-refractivity contribution < 1.29 is 24.2 Å². The van der Waals surface area contributed by atoms with E-state index in [1.807, 2.05) is 74.5 Å². The highest BCUT2D eigenvalue weighted by atomic mass is 32.3. The summed E-state index contributed by atoms with van der Waals surface area (Å²) in [5.74, 6) is -1.10. The number of hydrogen-bond acceptors (Lipinski definition) is 5. The van der Waals surface area contributed by atoms with E-state index in [0.29, 0.717) is 6.54 Å². The zero-order valence-electron chi connectivity index (χ0n) is 19.1. The zero-order chi connectivity index (χ0) is 23.8. The number of benzene rings is 2. The summed E-state index contributed by atoms with van der Waals surface area (Å²) < 4.78 is 4.65. The second-order valence-electron chi connectivity index (χ2n) is 9.09. The summed E-state index contributed by atoms with van der Waals surface area (Å²) in [7, 11) is -0.770. The highest BCUT2D eigenvalue weighted by Crippen LogP contribution is 2.74. The predicted octanol–water partition coefficient (Wildman–Crippen LogP) is 3.46. The maximum Gasteiger partial charge on any atom is 0.330 e. The Hall–Kier alpha value is -2.84. The predicted molar refractivity (Wildman–Crippen MR) is 127 cm³/mol. The van der Waals surface area contributed by atoms with Crippen LogP contribution in [0.2, 0.25) is 0 Å². The number of aliphatic hydroxyl groups excluding tert-OH is 1. The molecule has 0 radical (unpaired) electrons. The zero-order valence-corrected chi connectivity index (χ0v) is 20.0. The average molecular weight is 471 g/mol. The van der Waals surface area contributed by atoms with Crippen LogP contribution in [0.1, 0.15) is 31.4 Å². The molecule has 2 saturated heterocycles. The van der Waals surface area contributed by atoms with Crippen LogP contribution in [-0.2, 0) is 27.5 Å². The molecule has 1 N–H and O–H groups in total. The molecule has 3 atom stereocenters. The van der Waals surface area contributed by atoms with Crippen LogP contribution in [0.3, 0.4) is 0 Å². The number of aliphatic hydroxyl groups is 1. The molecule has 0 aromatic heterocycles. The molecule has 0 aliphatic carbocycles. The van der Waals surface area contributed by atoms with Gasteiger partial charge in [0.1, 0.15) is 12.6 Å². The molecule has 2 heterocycles. The van der Waals surface area contributed by atoms with Gasteiger partial charge >= 0.3 is 5.97 Å². The molecule has 2 fully saturated rings. The topological polar surface area (TPSA) is 87.2 Å². The van der Waals surface area contributed by atoms with E-state index in [1.165, 1.54) is 4.90 Å². The second kappa shape index (κ2) is 8.83. The van der Waals surface area contributed by atoms with Crippen molar-refractivity contribution in [1.29, 1.82) is 0 Å². The lowest BCUT2D eigenvalue weighted by atomic mass is 9.98. The van der Waals surface area contributed by atoms with Crippen LogP contribution in [0.4, 0.5) is 4.79 Å². The summed E-state index contributed by atoms with van der Waals surface area (Å²) in [4.78, 5) is 42.8. The number of fused-ring (bicyclic) bond motifs is 1. The highest BCUT2D eigenvalue weighted by molar-refractivity contribution is 8.46. The number of nitrogens with zero attached hydrogens (tertiary/aromatic N) is 2. The molecule has 2 aliphatic heterocycles. The van der Waals surface area contributed by atoms with Gasteiger partial charge in [0, 0.05) is 18.3 Å². The first kappa shape index (κ1) is 23.3. The third-order valence-electron chi connectivity index (χ3n) is 6.82. The van der Waals surface area contributed by atoms with Gasteiger partial charge in [-0.2, -0.15) is 0 Å². The van der Waals surface area contributed by atoms with Crippen LogP contribution in [0.5, 0.6) is 0 Å². The first-order valence-electron chi connectivity index (χ1n) is 10.9. The van der Waals surface area contributed by atoms with Gasteiger partial charge < -0.3 is 19.6 Å². The van der Waals surface area contributed by atoms with E-state index in [9.17, 15) is 19.5 Å². The molecule has 8 heteroatoms. The van der Waals surface area contributed by atoms with E-state index in [2.05, 4.69) is 0 Å². The fraction of sp³-hybridized carbons (Fsp3) is 0.400. The Bertz CT molecular complexity index is 1050. The van der Waals surface area contributed by atoms with Gasteiger partial charge in [0.15, 0.2) is 0 Å². The number of rotatable bonds is 6. The van der Waals surface area contributed by atoms with Gasteiger partial charge in [-0.1, -0.05) is 60.7 Å². The third kappa shape index (κ3) is 3.71. The van der Waals surface area contributed by atoms with Crippen LogP contribution in [0.15, 0.2) is 60.7 Å². The van der Waals surface area contributed by atoms with Crippen molar-refractivity contribution in [3.8, 4) is 0 Å². The van der Waals surface area contributed by atoms with Gasteiger partial charge in [-0.15, -0.1) is 10.0 Å². The van der Waals surface area contributed by atoms with E-state index >= 15 is 0 Å². The minimum absolute atomic E-state index is 0.0856. The third-order valence-corrected chi connectivity index (χ3v) is 11.6. The standard InChI is InChI=1S/C25H30N2O5S/c1-25(2)22(23(30)32-16-19-12-8-5-9-13-19)27-20(29)14-21(27)33(25,17-28)24(31)26(3)15-18-10-6-4-7-11-18/h4-13,21-22,28H,14-17H2,1-3H3/t21-,22+/m1/s1. The van der Waals surface area contributed by atoms with Crippen molar-refractivity contribution >= 4 is 27.1 Å². The van der Waals surface area contributed by atoms with E-state index in [-0.39, 0.29) is 30.1 Å². The summed E-state index contributed by atoms with van der Waals surface area (Å²) >= 11 is 0. The Morgan fingerprint density at radius 1 is 1.09 bits per heavy atom. The Labute approximate surface area is 195 Å². The molecule has 4 rings (SSSR count). The van der Waals surface area contributed by atoms with E-state index in [4.69, 9.17) is 4.74 Å². The molecule has 0 bridgehead atoms. The normalized spacial score (nSPS) is 27.2. The van der Waals surface area contributed by atoms with Crippen LogP contribution in [0, 0.1) is 0 Å². The number of ether oxygens (including phenoxy) is 1. The first-order chi connectivity index (χ1) is 15.7. The minimum Gasteiger partial charge on any atom is -0.459 e.